The van der Waals surface area contributed by atoms with Gasteiger partial charge in [0.2, 0.25) is 0 Å². The van der Waals surface area contributed by atoms with Gasteiger partial charge in [0.05, 0.1) is 138 Å². The van der Waals surface area contributed by atoms with Crippen LogP contribution in [0.2, 0.25) is 0 Å². The molecule has 0 fully saturated rings. The second-order valence-electron chi connectivity index (χ2n) is 29.1. The maximum atomic E-state index is 14.8. The molecule has 0 saturated heterocycles. The summed E-state index contributed by atoms with van der Waals surface area (Å²) in [4.78, 5) is 21.8. The molecule has 144 heavy (non-hydrogen) atoms. The fourth-order valence-corrected chi connectivity index (χ4v) is 14.2. The molecule has 0 bridgehead atoms. The summed E-state index contributed by atoms with van der Waals surface area (Å²) in [6.45, 7) is 61.1. The van der Waals surface area contributed by atoms with Gasteiger partial charge in [-0.15, -0.1) is 0 Å². The Morgan fingerprint density at radius 1 is 0.250 bits per heavy atom. The van der Waals surface area contributed by atoms with Crippen molar-refractivity contribution in [2.45, 2.75) is 46.2 Å². The van der Waals surface area contributed by atoms with Crippen LogP contribution in [-0.4, -0.2) is 0 Å². The quantitative estimate of drug-likeness (QED) is 0.0806. The summed E-state index contributed by atoms with van der Waals surface area (Å²) in [5.41, 5.74) is -22.3. The summed E-state index contributed by atoms with van der Waals surface area (Å²) in [7, 11) is 0. The van der Waals surface area contributed by atoms with Gasteiger partial charge < -0.3 is 0 Å². The molecule has 0 aliphatic rings. The summed E-state index contributed by atoms with van der Waals surface area (Å²) < 4.78 is 357. The fourth-order valence-electron chi connectivity index (χ4n) is 14.2. The topological polar surface area (TPSA) is 225 Å². The zero-order valence-electron chi connectivity index (χ0n) is 72.0. The van der Waals surface area contributed by atoms with E-state index in [4.69, 9.17) is 52.6 Å². The molecule has 0 unspecified atom stereocenters. The number of nitrogens with zero attached hydrogens (tertiary/aromatic N) is 16. The molecule has 12 aromatic rings. The molecule has 0 amide bonds. The number of halogens is 25. The van der Waals surface area contributed by atoms with Crippen LogP contribution in [0, 0.1) is 264 Å². The van der Waals surface area contributed by atoms with Gasteiger partial charge in [-0.3, -0.25) is 0 Å². The predicted molar refractivity (Wildman–Crippen MR) is 464 cm³/mol. The summed E-state index contributed by atoms with van der Waals surface area (Å²) in [6.07, 6.45) is -14.7. The second kappa shape index (κ2) is 43.8. The van der Waals surface area contributed by atoms with E-state index < -0.39 is 251 Å². The van der Waals surface area contributed by atoms with Crippen LogP contribution >= 0.6 is 0 Å². The summed E-state index contributed by atoms with van der Waals surface area (Å²) in [6, 6.07) is 40.9. The molecule has 0 atom stereocenters. The van der Waals surface area contributed by atoms with Crippen LogP contribution in [0.25, 0.3) is 128 Å². The number of rotatable bonds is 8. The lowest BCUT2D eigenvalue weighted by atomic mass is 9.90. The first-order valence-corrected chi connectivity index (χ1v) is 38.8. The van der Waals surface area contributed by atoms with Gasteiger partial charge in [0.1, 0.15) is 24.3 Å². The first kappa shape index (κ1) is 107. The van der Waals surface area contributed by atoms with Gasteiger partial charge in [-0.25, -0.2) is 130 Å². The molecule has 41 heteroatoms. The molecule has 0 N–H and O–H groups in total. The lowest BCUT2D eigenvalue weighted by molar-refractivity contribution is -0.138. The molecule has 16 nitrogen and oxygen atoms in total. The molecule has 0 radical (unpaired) electrons. The number of benzene rings is 12. The summed E-state index contributed by atoms with van der Waals surface area (Å²) in [5.74, 6) is -32.5. The van der Waals surface area contributed by atoms with Gasteiger partial charge >= 0.3 is 18.5 Å². The Morgan fingerprint density at radius 3 is 0.806 bits per heavy atom. The van der Waals surface area contributed by atoms with Crippen LogP contribution in [-0.2, 0) is 18.5 Å². The van der Waals surface area contributed by atoms with Crippen LogP contribution in [0.5, 0.6) is 0 Å². The molecular formula is C103H37F25N16. The smallest absolute Gasteiger partial charge is 0.232 e. The molecule has 0 spiro atoms. The van der Waals surface area contributed by atoms with Crippen molar-refractivity contribution in [2.24, 2.45) is 0 Å². The average Bonchev–Trinajstić information content (AvgIpc) is 0.756. The van der Waals surface area contributed by atoms with E-state index in [2.05, 4.69) is 38.8 Å². The minimum absolute atomic E-state index is 0.0838. The van der Waals surface area contributed by atoms with E-state index in [9.17, 15) is 152 Å². The zero-order chi connectivity index (χ0) is 107. The second-order valence-corrected chi connectivity index (χ2v) is 29.1. The zero-order valence-corrected chi connectivity index (χ0v) is 72.0. The molecule has 704 valence electrons. The molecular weight excluding hydrogens is 1940 g/mol. The van der Waals surface area contributed by atoms with Gasteiger partial charge in [-0.2, -0.15) is 60.6 Å². The van der Waals surface area contributed by atoms with Crippen molar-refractivity contribution in [3.05, 3.63) is 439 Å². The fraction of sp³-hybridized carbons (Fsp3) is 0.0680. The van der Waals surface area contributed by atoms with Crippen LogP contribution in [0.3, 0.4) is 0 Å². The third-order valence-corrected chi connectivity index (χ3v) is 20.7. The van der Waals surface area contributed by atoms with E-state index in [1.54, 1.807) is 54.6 Å². The molecule has 0 heterocycles. The first-order chi connectivity index (χ1) is 68.0. The molecule has 0 aromatic heterocycles. The highest BCUT2D eigenvalue weighted by molar-refractivity contribution is 5.89. The van der Waals surface area contributed by atoms with Crippen LogP contribution in [0.15, 0.2) is 152 Å². The standard InChI is InChI=1S/3C26H9F7N4.C25H10F4N4/c1-12-4-6-15(18(8-12)26(31,32)33)16-9-13(19(11-35)36-2)5-7-14(16)17(10-34)20-21(27)23(29)25(37-3)24(30)22(20)28;1-12-6-14(8-15(7-12)26(31,32)33)17-9-13(19(11-35)36-2)4-5-16(17)18(10-34)20-21(27)23(29)25(37-3)24(30)22(20)28;1-12-5-4-6-15(20(12)26(31,32)33)16-9-13(18(11-35)36-2)7-8-14(16)17(10-34)19-21(27)23(29)25(37-3)24(30)22(19)28;1-13-4-6-14(7-5-13)17-10-15(19(12-31)32-2)8-9-16(17)18(11-30)20-21(26)23(28)25(33-3)24(29)22(20)27/h3*4-9H,1H3;4-10H,1H3/b17-14+,19-13+;18-16+,19-13+;17-14+,18-13+;18-16+,19-15+. The van der Waals surface area contributed by atoms with Crippen LogP contribution in [0.1, 0.15) is 61.2 Å². The van der Waals surface area contributed by atoms with E-state index in [1.807, 2.05) is 6.92 Å². The Morgan fingerprint density at radius 2 is 0.535 bits per heavy atom. The Hall–Kier alpha value is -20.3. The lowest BCUT2D eigenvalue weighted by Gasteiger charge is -2.17. The Balaban J connectivity index is 0.000000214. The number of nitriles is 8. The van der Waals surface area contributed by atoms with Gasteiger partial charge in [-0.05, 0) is 122 Å². The minimum Gasteiger partial charge on any atom is -0.232 e. The Kier molecular flexibility index (Phi) is 32.6. The average molecular weight is 1970 g/mol. The summed E-state index contributed by atoms with van der Waals surface area (Å²) >= 11 is 0. The monoisotopic (exact) mass is 1970 g/mol. The summed E-state index contributed by atoms with van der Waals surface area (Å²) in [5, 5.41) is 73.9. The van der Waals surface area contributed by atoms with Crippen molar-refractivity contribution in [1.82, 2.24) is 0 Å². The van der Waals surface area contributed by atoms with Crippen LogP contribution < -0.4 is 41.7 Å². The molecule has 0 aliphatic heterocycles. The Labute approximate surface area is 794 Å². The largest absolute Gasteiger partial charge is 0.417 e. The molecule has 12 rings (SSSR count). The number of hydrogen-bond donors (Lipinski definition) is 0. The van der Waals surface area contributed by atoms with Crippen molar-refractivity contribution in [3.63, 3.8) is 0 Å². The van der Waals surface area contributed by atoms with Crippen molar-refractivity contribution in [1.29, 1.82) is 42.1 Å². The lowest BCUT2D eigenvalue weighted by Crippen LogP contribution is -2.20. The van der Waals surface area contributed by atoms with E-state index >= 15 is 0 Å². The highest BCUT2D eigenvalue weighted by Crippen LogP contribution is 2.44. The minimum atomic E-state index is -4.95. The van der Waals surface area contributed by atoms with E-state index in [0.29, 0.717) is 11.6 Å². The van der Waals surface area contributed by atoms with Crippen molar-refractivity contribution in [3.8, 4) is 93.1 Å². The third-order valence-electron chi connectivity index (χ3n) is 20.7. The van der Waals surface area contributed by atoms with Crippen molar-refractivity contribution < 1.29 is 110 Å². The number of aryl methyl sites for hydroxylation is 4. The first-order valence-electron chi connectivity index (χ1n) is 38.8. The highest BCUT2D eigenvalue weighted by Gasteiger charge is 2.40. The van der Waals surface area contributed by atoms with E-state index in [-0.39, 0.29) is 65.2 Å². The normalized spacial score (nSPS) is 12.4. The highest BCUT2D eigenvalue weighted by atomic mass is 19.4. The molecule has 0 aliphatic carbocycles. The maximum absolute atomic E-state index is 14.8. The molecule has 0 saturated carbocycles. The Bertz CT molecular complexity index is 8760. The third kappa shape index (κ3) is 21.0. The van der Waals surface area contributed by atoms with Gasteiger partial charge in [0.15, 0.2) is 93.1 Å². The predicted octanol–water partition coefficient (Wildman–Crippen LogP) is 23.2. The SMILES string of the molecule is [C-]#[N+]/C(C#N)=c1\cc/c(=C(/C#N)c2c(F)c(F)c([N+]#[C-])c(F)c2F)c(-c2cc(C)cc(C(F)(F)F)c2)c1.[C-]#[N+]/C(C#N)=c1\cc/c(=C(/C#N)c2c(F)c(F)c([N+]#[C-])c(F)c2F)c(-c2ccc(C)cc2)c1.[C-]#[N+]/C(C#N)=c1\cc/c(=C(/C#N)c2c(F)c(F)c([N+]#[C-])c(F)c2F)c(-c2ccc(C)cc2C(F)(F)F)c1.[C-]#[N+]/C(C#N)=c1\cc/c(=C(/C#N)c2c(F)c(F)c([N+]#[C-])c(F)c2F)c(-c2cccc(C)c2C(F)(F)F)c1. The van der Waals surface area contributed by atoms with Crippen molar-refractivity contribution >= 4 is 67.8 Å². The van der Waals surface area contributed by atoms with Gasteiger partial charge in [-0.1, -0.05) is 145 Å². The van der Waals surface area contributed by atoms with Crippen molar-refractivity contribution in [2.75, 3.05) is 0 Å². The maximum Gasteiger partial charge on any atom is 0.417 e. The molecule has 12 aromatic carbocycles. The van der Waals surface area contributed by atoms with Gasteiger partial charge in [0.25, 0.3) is 45.5 Å². The van der Waals surface area contributed by atoms with E-state index in [1.165, 1.54) is 68.5 Å². The van der Waals surface area contributed by atoms with E-state index in [0.717, 1.165) is 97.4 Å². The number of alkyl halides is 9. The van der Waals surface area contributed by atoms with Gasteiger partial charge in [0, 0.05) is 20.9 Å². The number of hydrogen-bond acceptors (Lipinski definition) is 8. The van der Waals surface area contributed by atoms with Crippen LogP contribution in [0.4, 0.5) is 133 Å².